The number of halogens is 2. The number of carbonyl (C=O) groups excluding carboxylic acids is 1. The number of rotatable bonds is 4. The smallest absolute Gasteiger partial charge is 0.251 e. The molecule has 3 nitrogen and oxygen atoms in total. The molecular formula is C15H14BrClN2O. The molecule has 2 aromatic rings. The molecule has 1 amide bonds. The summed E-state index contributed by atoms with van der Waals surface area (Å²) in [5.41, 5.74) is 2.50. The van der Waals surface area contributed by atoms with E-state index in [9.17, 15) is 4.79 Å². The van der Waals surface area contributed by atoms with Crippen LogP contribution in [0.3, 0.4) is 0 Å². The molecule has 2 rings (SSSR count). The normalized spacial score (nSPS) is 10.2. The van der Waals surface area contributed by atoms with Gasteiger partial charge in [-0.15, -0.1) is 0 Å². The Morgan fingerprint density at radius 2 is 2.05 bits per heavy atom. The number of carbonyl (C=O) groups is 1. The van der Waals surface area contributed by atoms with E-state index >= 15 is 0 Å². The van der Waals surface area contributed by atoms with Crippen LogP contribution >= 0.6 is 27.5 Å². The maximum Gasteiger partial charge on any atom is 0.251 e. The Labute approximate surface area is 131 Å². The average molecular weight is 354 g/mol. The first-order chi connectivity index (χ1) is 9.60. The molecule has 2 N–H and O–H groups in total. The Morgan fingerprint density at radius 3 is 2.75 bits per heavy atom. The summed E-state index contributed by atoms with van der Waals surface area (Å²) in [4.78, 5) is 11.6. The van der Waals surface area contributed by atoms with Gasteiger partial charge in [0.05, 0.1) is 0 Å². The fraction of sp³-hybridized carbons (Fsp3) is 0.133. The topological polar surface area (TPSA) is 41.1 Å². The monoisotopic (exact) mass is 352 g/mol. The van der Waals surface area contributed by atoms with Crippen molar-refractivity contribution in [2.75, 3.05) is 12.4 Å². The Hall–Kier alpha value is -1.52. The number of hydrogen-bond acceptors (Lipinski definition) is 2. The van der Waals surface area contributed by atoms with E-state index in [1.54, 1.807) is 13.1 Å². The van der Waals surface area contributed by atoms with Gasteiger partial charge < -0.3 is 10.6 Å². The maximum atomic E-state index is 11.6. The van der Waals surface area contributed by atoms with Gasteiger partial charge in [-0.25, -0.2) is 0 Å². The van der Waals surface area contributed by atoms with Crippen LogP contribution in [-0.2, 0) is 6.54 Å². The lowest BCUT2D eigenvalue weighted by molar-refractivity contribution is 0.0963. The van der Waals surface area contributed by atoms with E-state index in [0.29, 0.717) is 17.1 Å². The van der Waals surface area contributed by atoms with Crippen molar-refractivity contribution in [2.45, 2.75) is 6.54 Å². The third-order valence-electron chi connectivity index (χ3n) is 2.85. The predicted molar refractivity (Wildman–Crippen MR) is 86.3 cm³/mol. The average Bonchev–Trinajstić information content (AvgIpc) is 2.46. The SMILES string of the molecule is CNC(=O)c1cccc(NCc2ccc(Br)cc2Cl)c1. The minimum Gasteiger partial charge on any atom is -0.381 e. The molecule has 0 radical (unpaired) electrons. The second-order valence-corrected chi connectivity index (χ2v) is 5.57. The first kappa shape index (κ1) is 14.9. The highest BCUT2D eigenvalue weighted by Crippen LogP contribution is 2.22. The van der Waals surface area contributed by atoms with Crippen molar-refractivity contribution in [1.29, 1.82) is 0 Å². The van der Waals surface area contributed by atoms with E-state index in [1.165, 1.54) is 0 Å². The number of amides is 1. The highest BCUT2D eigenvalue weighted by molar-refractivity contribution is 9.10. The molecule has 0 atom stereocenters. The summed E-state index contributed by atoms with van der Waals surface area (Å²) in [5, 5.41) is 6.57. The van der Waals surface area contributed by atoms with Crippen LogP contribution in [0.2, 0.25) is 5.02 Å². The van der Waals surface area contributed by atoms with Crippen LogP contribution < -0.4 is 10.6 Å². The van der Waals surface area contributed by atoms with Crippen LogP contribution in [-0.4, -0.2) is 13.0 Å². The van der Waals surface area contributed by atoms with Crippen LogP contribution in [0.4, 0.5) is 5.69 Å². The molecule has 2 aromatic carbocycles. The van der Waals surface area contributed by atoms with Crippen molar-refractivity contribution in [3.63, 3.8) is 0 Å². The summed E-state index contributed by atoms with van der Waals surface area (Å²) in [6.45, 7) is 0.601. The Kier molecular flexibility index (Phi) is 5.04. The lowest BCUT2D eigenvalue weighted by Gasteiger charge is -2.09. The Bertz CT molecular complexity index is 631. The molecule has 0 unspecified atom stereocenters. The molecule has 0 heterocycles. The number of anilines is 1. The standard InChI is InChI=1S/C15H14BrClN2O/c1-18-15(20)10-3-2-4-13(7-10)19-9-11-5-6-12(16)8-14(11)17/h2-8,19H,9H2,1H3,(H,18,20). The predicted octanol–water partition coefficient (Wildman–Crippen LogP) is 4.07. The molecule has 0 aliphatic rings. The van der Waals surface area contributed by atoms with Crippen LogP contribution in [0.25, 0.3) is 0 Å². The largest absolute Gasteiger partial charge is 0.381 e. The zero-order valence-electron chi connectivity index (χ0n) is 10.9. The van der Waals surface area contributed by atoms with E-state index in [-0.39, 0.29) is 5.91 Å². The molecule has 0 spiro atoms. The van der Waals surface area contributed by atoms with Gasteiger partial charge in [-0.2, -0.15) is 0 Å². The minimum absolute atomic E-state index is 0.102. The van der Waals surface area contributed by atoms with Crippen molar-refractivity contribution in [2.24, 2.45) is 0 Å². The van der Waals surface area contributed by atoms with E-state index in [1.807, 2.05) is 36.4 Å². The second-order valence-electron chi connectivity index (χ2n) is 4.25. The molecule has 0 fully saturated rings. The van der Waals surface area contributed by atoms with E-state index in [4.69, 9.17) is 11.6 Å². The van der Waals surface area contributed by atoms with Crippen LogP contribution in [0.1, 0.15) is 15.9 Å². The fourth-order valence-electron chi connectivity index (χ4n) is 1.78. The quantitative estimate of drug-likeness (QED) is 0.870. The van der Waals surface area contributed by atoms with Gasteiger partial charge in [-0.3, -0.25) is 4.79 Å². The van der Waals surface area contributed by atoms with Crippen LogP contribution in [0, 0.1) is 0 Å². The molecule has 0 saturated heterocycles. The summed E-state index contributed by atoms with van der Waals surface area (Å²) < 4.78 is 0.952. The summed E-state index contributed by atoms with van der Waals surface area (Å²) in [6.07, 6.45) is 0. The van der Waals surface area contributed by atoms with Gasteiger partial charge in [-0.1, -0.05) is 39.7 Å². The van der Waals surface area contributed by atoms with Crippen molar-refractivity contribution in [1.82, 2.24) is 5.32 Å². The molecule has 0 aromatic heterocycles. The summed E-state index contributed by atoms with van der Waals surface area (Å²) in [5.74, 6) is -0.102. The fourth-order valence-corrected chi connectivity index (χ4v) is 2.52. The van der Waals surface area contributed by atoms with E-state index in [0.717, 1.165) is 15.7 Å². The number of hydrogen-bond donors (Lipinski definition) is 2. The summed E-state index contributed by atoms with van der Waals surface area (Å²) >= 11 is 9.54. The van der Waals surface area contributed by atoms with Crippen molar-refractivity contribution >= 4 is 39.1 Å². The molecule has 0 aliphatic carbocycles. The Morgan fingerprint density at radius 1 is 1.25 bits per heavy atom. The zero-order chi connectivity index (χ0) is 14.5. The van der Waals surface area contributed by atoms with E-state index < -0.39 is 0 Å². The van der Waals surface area contributed by atoms with Gasteiger partial charge in [0.2, 0.25) is 0 Å². The Balaban J connectivity index is 2.09. The molecule has 0 aliphatic heterocycles. The van der Waals surface area contributed by atoms with Crippen molar-refractivity contribution < 1.29 is 4.79 Å². The first-order valence-electron chi connectivity index (χ1n) is 6.10. The highest BCUT2D eigenvalue weighted by Gasteiger charge is 2.04. The van der Waals surface area contributed by atoms with Gasteiger partial charge in [0, 0.05) is 34.3 Å². The summed E-state index contributed by atoms with van der Waals surface area (Å²) in [7, 11) is 1.62. The van der Waals surface area contributed by atoms with Gasteiger partial charge in [-0.05, 0) is 35.9 Å². The van der Waals surface area contributed by atoms with Crippen molar-refractivity contribution in [3.05, 3.63) is 63.1 Å². The summed E-state index contributed by atoms with van der Waals surface area (Å²) in [6, 6.07) is 13.1. The van der Waals surface area contributed by atoms with Gasteiger partial charge in [0.1, 0.15) is 0 Å². The zero-order valence-corrected chi connectivity index (χ0v) is 13.3. The number of nitrogens with one attached hydrogen (secondary N) is 2. The van der Waals surface area contributed by atoms with Gasteiger partial charge in [0.25, 0.3) is 5.91 Å². The van der Waals surface area contributed by atoms with Crippen molar-refractivity contribution in [3.8, 4) is 0 Å². The lowest BCUT2D eigenvalue weighted by Crippen LogP contribution is -2.17. The molecule has 20 heavy (non-hydrogen) atoms. The molecule has 0 saturated carbocycles. The molecule has 5 heteroatoms. The van der Waals surface area contributed by atoms with Crippen LogP contribution in [0.15, 0.2) is 46.9 Å². The molecular weight excluding hydrogens is 340 g/mol. The second kappa shape index (κ2) is 6.77. The molecule has 104 valence electrons. The highest BCUT2D eigenvalue weighted by atomic mass is 79.9. The third-order valence-corrected chi connectivity index (χ3v) is 3.69. The minimum atomic E-state index is -0.102. The molecule has 0 bridgehead atoms. The third kappa shape index (κ3) is 3.74. The van der Waals surface area contributed by atoms with Crippen LogP contribution in [0.5, 0.6) is 0 Å². The lowest BCUT2D eigenvalue weighted by atomic mass is 10.1. The maximum absolute atomic E-state index is 11.6. The van der Waals surface area contributed by atoms with Gasteiger partial charge in [0.15, 0.2) is 0 Å². The first-order valence-corrected chi connectivity index (χ1v) is 7.27. The van der Waals surface area contributed by atoms with E-state index in [2.05, 4.69) is 26.6 Å². The van der Waals surface area contributed by atoms with Gasteiger partial charge >= 0.3 is 0 Å². The number of benzene rings is 2.